The number of esters is 4. The van der Waals surface area contributed by atoms with Crippen LogP contribution in [0.15, 0.2) is 35.9 Å². The predicted octanol–water partition coefficient (Wildman–Crippen LogP) is 9.26. The predicted molar refractivity (Wildman–Crippen MR) is 278 cm³/mol. The van der Waals surface area contributed by atoms with Gasteiger partial charge in [0.05, 0.1) is 39.1 Å². The second-order valence-corrected chi connectivity index (χ2v) is 21.6. The molecule has 17 nitrogen and oxygen atoms in total. The number of unbranched alkanes of at least 4 members (excludes halogenated alkanes) is 1. The fourth-order valence-electron chi connectivity index (χ4n) is 11.3. The summed E-state index contributed by atoms with van der Waals surface area (Å²) in [5.41, 5.74) is 19.9. The van der Waals surface area contributed by atoms with Gasteiger partial charge in [0.2, 0.25) is 0 Å². The van der Waals surface area contributed by atoms with Gasteiger partial charge in [-0.1, -0.05) is 81.6 Å². The van der Waals surface area contributed by atoms with Gasteiger partial charge in [-0.2, -0.15) is 0 Å². The van der Waals surface area contributed by atoms with Crippen molar-refractivity contribution in [2.45, 2.75) is 180 Å². The van der Waals surface area contributed by atoms with E-state index in [0.717, 1.165) is 120 Å². The number of rotatable bonds is 27. The van der Waals surface area contributed by atoms with Gasteiger partial charge in [0.15, 0.2) is 0 Å². The third-order valence-electron chi connectivity index (χ3n) is 15.8. The van der Waals surface area contributed by atoms with Crippen LogP contribution >= 0.6 is 0 Å². The molecule has 0 saturated heterocycles. The van der Waals surface area contributed by atoms with Gasteiger partial charge in [-0.25, -0.2) is 9.59 Å². The highest BCUT2D eigenvalue weighted by atomic mass is 16.6. The largest absolute Gasteiger partial charge is 0.466 e. The smallest absolute Gasteiger partial charge is 0.412 e. The quantitative estimate of drug-likeness (QED) is 0.0181. The van der Waals surface area contributed by atoms with Crippen molar-refractivity contribution in [3.05, 3.63) is 41.5 Å². The van der Waals surface area contributed by atoms with Gasteiger partial charge in [-0.05, 0) is 133 Å². The Labute approximate surface area is 433 Å². The molecular formula is C56H87N5O12. The fourth-order valence-corrected chi connectivity index (χ4v) is 11.3. The molecule has 0 spiro atoms. The topological polar surface area (TPSA) is 260 Å². The summed E-state index contributed by atoms with van der Waals surface area (Å²) in [6.45, 7) is 10.1. The van der Waals surface area contributed by atoms with Crippen LogP contribution in [-0.2, 0) is 33.4 Å². The van der Waals surface area contributed by atoms with Crippen molar-refractivity contribution in [3.8, 4) is 17.2 Å². The molecule has 0 heterocycles. The highest BCUT2D eigenvalue weighted by molar-refractivity contribution is 5.77. The lowest BCUT2D eigenvalue weighted by Crippen LogP contribution is -2.35. The van der Waals surface area contributed by atoms with Crippen LogP contribution in [0.25, 0.3) is 0 Å². The Bertz CT molecular complexity index is 1950. The molecule has 0 bridgehead atoms. The standard InChI is InChI=1S/C56H87N5O12/c1-40(2)43-19-18-41(3)31-44(43)51-45(72-47(62)17-7-14-28-68-48(63)34-54(37-57)20-8-4-9-21-54)32-42(71-52(66)60-26-15-29-69-49(64)35-55(38-58)22-10-5-11-23-55)33-46(51)73-53(67)61-27-16-30-70-50(65)36-56(39-59)24-12-6-13-25-56/h31-33,43-44H,1,4-30,34-39,57-59H2,2-3H3,(H,60,66)(H,61,67)/t43-,44+/m0/s1. The van der Waals surface area contributed by atoms with Crippen LogP contribution < -0.4 is 42.0 Å². The Morgan fingerprint density at radius 2 is 1.01 bits per heavy atom. The van der Waals surface area contributed by atoms with Gasteiger partial charge in [0.25, 0.3) is 0 Å². The highest BCUT2D eigenvalue weighted by Gasteiger charge is 2.37. The van der Waals surface area contributed by atoms with E-state index in [1.807, 2.05) is 13.8 Å². The molecule has 2 atom stereocenters. The van der Waals surface area contributed by atoms with E-state index in [1.54, 1.807) is 0 Å². The highest BCUT2D eigenvalue weighted by Crippen LogP contribution is 2.49. The lowest BCUT2D eigenvalue weighted by atomic mass is 9.72. The monoisotopic (exact) mass is 1020 g/mol. The Hall–Kier alpha value is -5.00. The van der Waals surface area contributed by atoms with E-state index in [9.17, 15) is 28.8 Å². The molecule has 5 rings (SSSR count). The SMILES string of the molecule is C=C(C)[C@@H]1CCC(C)=C[C@H]1c1c(OC(=O)CCCCOC(=O)CC2(CN)CCCCC2)cc(OC(=O)NCCCOC(=O)CC2(CN)CCCCC2)cc1OC(=O)NCCCOC(=O)CC1(CN)CCCCC1. The van der Waals surface area contributed by atoms with Crippen LogP contribution in [0.1, 0.15) is 186 Å². The molecule has 3 fully saturated rings. The van der Waals surface area contributed by atoms with Crippen molar-refractivity contribution in [3.63, 3.8) is 0 Å². The van der Waals surface area contributed by atoms with Crippen LogP contribution in [0.2, 0.25) is 0 Å². The Kier molecular flexibility index (Phi) is 24.0. The van der Waals surface area contributed by atoms with Crippen LogP contribution in [0.5, 0.6) is 17.2 Å². The van der Waals surface area contributed by atoms with E-state index >= 15 is 0 Å². The molecular weight excluding hydrogens is 935 g/mol. The normalized spacial score (nSPS) is 20.0. The second kappa shape index (κ2) is 29.8. The maximum absolute atomic E-state index is 13.7. The minimum absolute atomic E-state index is 0.000879. The summed E-state index contributed by atoms with van der Waals surface area (Å²) in [6.07, 6.45) is 19.3. The third kappa shape index (κ3) is 19.0. The number of hydrogen-bond acceptors (Lipinski definition) is 15. The van der Waals surface area contributed by atoms with Crippen LogP contribution in [0.4, 0.5) is 9.59 Å². The minimum Gasteiger partial charge on any atom is -0.466 e. The van der Waals surface area contributed by atoms with Crippen molar-refractivity contribution < 1.29 is 57.2 Å². The Balaban J connectivity index is 1.26. The molecule has 1 aromatic rings. The lowest BCUT2D eigenvalue weighted by molar-refractivity contribution is -0.148. The zero-order valence-corrected chi connectivity index (χ0v) is 44.1. The van der Waals surface area contributed by atoms with Crippen molar-refractivity contribution >= 4 is 36.1 Å². The number of allylic oxidation sites excluding steroid dienone is 3. The minimum atomic E-state index is -0.838. The molecule has 8 N–H and O–H groups in total. The van der Waals surface area contributed by atoms with E-state index in [1.165, 1.54) is 12.1 Å². The first kappa shape index (κ1) is 58.9. The van der Waals surface area contributed by atoms with Gasteiger partial charge in [-0.3, -0.25) is 19.2 Å². The molecule has 0 aromatic heterocycles. The molecule has 17 heteroatoms. The zero-order valence-electron chi connectivity index (χ0n) is 44.1. The molecule has 0 aliphatic heterocycles. The molecule has 0 unspecified atom stereocenters. The van der Waals surface area contributed by atoms with Crippen molar-refractivity contribution in [1.29, 1.82) is 0 Å². The van der Waals surface area contributed by atoms with Crippen LogP contribution in [0, 0.1) is 22.2 Å². The average molecular weight is 1020 g/mol. The zero-order chi connectivity index (χ0) is 52.7. The lowest BCUT2D eigenvalue weighted by Gasteiger charge is -2.35. The van der Waals surface area contributed by atoms with Gasteiger partial charge in [0, 0.05) is 43.1 Å². The van der Waals surface area contributed by atoms with Gasteiger partial charge in [-0.15, -0.1) is 0 Å². The van der Waals surface area contributed by atoms with Gasteiger partial charge in [0.1, 0.15) is 17.2 Å². The Morgan fingerprint density at radius 1 is 0.589 bits per heavy atom. The number of nitrogens with one attached hydrogen (secondary N) is 2. The maximum atomic E-state index is 13.7. The Morgan fingerprint density at radius 3 is 1.45 bits per heavy atom. The maximum Gasteiger partial charge on any atom is 0.412 e. The number of ether oxygens (including phenoxy) is 6. The van der Waals surface area contributed by atoms with Crippen LogP contribution in [-0.4, -0.2) is 88.6 Å². The average Bonchev–Trinajstić information content (AvgIpc) is 3.36. The number of carbonyl (C=O) groups is 6. The first-order valence-electron chi connectivity index (χ1n) is 27.3. The van der Waals surface area contributed by atoms with Gasteiger partial charge < -0.3 is 56.3 Å². The van der Waals surface area contributed by atoms with Crippen molar-refractivity contribution in [2.24, 2.45) is 39.4 Å². The van der Waals surface area contributed by atoms with E-state index in [-0.39, 0.29) is 116 Å². The number of benzene rings is 1. The molecule has 3 saturated carbocycles. The third-order valence-corrected chi connectivity index (χ3v) is 15.8. The van der Waals surface area contributed by atoms with Crippen molar-refractivity contribution in [1.82, 2.24) is 10.6 Å². The number of carbonyl (C=O) groups excluding carboxylic acids is 6. The number of nitrogens with two attached hydrogens (primary N) is 3. The first-order valence-corrected chi connectivity index (χ1v) is 27.3. The van der Waals surface area contributed by atoms with E-state index in [2.05, 4.69) is 23.3 Å². The summed E-state index contributed by atoms with van der Waals surface area (Å²) in [7, 11) is 0. The van der Waals surface area contributed by atoms with Crippen molar-refractivity contribution in [2.75, 3.05) is 52.5 Å². The number of amides is 2. The van der Waals surface area contributed by atoms with Gasteiger partial charge >= 0.3 is 36.1 Å². The second-order valence-electron chi connectivity index (χ2n) is 21.6. The molecule has 4 aliphatic rings. The van der Waals surface area contributed by atoms with E-state index in [4.69, 9.17) is 45.6 Å². The summed E-state index contributed by atoms with van der Waals surface area (Å²) in [5, 5.41) is 5.41. The number of hydrogen-bond donors (Lipinski definition) is 5. The summed E-state index contributed by atoms with van der Waals surface area (Å²) >= 11 is 0. The molecule has 73 heavy (non-hydrogen) atoms. The fraction of sp³-hybridized carbons (Fsp3) is 0.714. The summed E-state index contributed by atoms with van der Waals surface area (Å²) in [6, 6.07) is 2.85. The van der Waals surface area contributed by atoms with E-state index in [0.29, 0.717) is 50.9 Å². The summed E-state index contributed by atoms with van der Waals surface area (Å²) in [4.78, 5) is 78.9. The molecule has 2 amide bonds. The first-order chi connectivity index (χ1) is 35.1. The molecule has 1 aromatic carbocycles. The summed E-state index contributed by atoms with van der Waals surface area (Å²) < 4.78 is 34.5. The van der Waals surface area contributed by atoms with Crippen LogP contribution in [0.3, 0.4) is 0 Å². The molecule has 408 valence electrons. The van der Waals surface area contributed by atoms with E-state index < -0.39 is 24.1 Å². The molecule has 0 radical (unpaired) electrons. The summed E-state index contributed by atoms with van der Waals surface area (Å²) in [5.74, 6) is -2.11. The molecule has 4 aliphatic carbocycles.